The molecule has 0 unspecified atom stereocenters. The quantitative estimate of drug-likeness (QED) is 0.275. The van der Waals surface area contributed by atoms with Crippen LogP contribution < -0.4 is 0 Å². The first kappa shape index (κ1) is 10.2. The maximum atomic E-state index is 10.7. The molecule has 0 aliphatic carbocycles. The average molecular weight is 174 g/mol. The summed E-state index contributed by atoms with van der Waals surface area (Å²) in [4.78, 5) is 0. The van der Waals surface area contributed by atoms with E-state index >= 15 is 0 Å². The smallest absolute Gasteiger partial charge is 0.260 e. The molecule has 0 aromatic carbocycles. The van der Waals surface area contributed by atoms with Crippen LogP contribution in [0.25, 0.3) is 0 Å². The van der Waals surface area contributed by atoms with Gasteiger partial charge in [0.2, 0.25) is 0 Å². The Bertz CT molecular complexity index is 266. The molecule has 0 fully saturated rings. The lowest BCUT2D eigenvalue weighted by molar-refractivity contribution is 0.332. The monoisotopic (exact) mass is 174 g/mol. The van der Waals surface area contributed by atoms with E-state index in [0.717, 1.165) is 0 Å². The summed E-state index contributed by atoms with van der Waals surface area (Å²) in [6, 6.07) is 0. The molecule has 0 aliphatic rings. The van der Waals surface area contributed by atoms with Gasteiger partial charge in [0.05, 0.1) is 11.9 Å². The lowest BCUT2D eigenvalue weighted by Crippen LogP contribution is -2.02. The second-order valence-electron chi connectivity index (χ2n) is 1.71. The molecule has 62 valence electrons. The molecule has 0 amide bonds. The van der Waals surface area contributed by atoms with Crippen molar-refractivity contribution in [3.8, 4) is 11.2 Å². The molecule has 0 heterocycles. The van der Waals surface area contributed by atoms with Crippen molar-refractivity contribution in [2.75, 3.05) is 6.61 Å². The van der Waals surface area contributed by atoms with E-state index in [1.54, 1.807) is 6.08 Å². The van der Waals surface area contributed by atoms with Crippen molar-refractivity contribution in [1.82, 2.24) is 0 Å². The van der Waals surface area contributed by atoms with Crippen LogP contribution in [0.5, 0.6) is 0 Å². The van der Waals surface area contributed by atoms with Gasteiger partial charge in [0.15, 0.2) is 0 Å². The predicted octanol–water partition coefficient (Wildman–Crippen LogP) is 0.890. The zero-order valence-corrected chi connectivity index (χ0v) is 7.15. The van der Waals surface area contributed by atoms with Gasteiger partial charge in [0.25, 0.3) is 0 Å². The fourth-order valence-electron chi connectivity index (χ4n) is 0.396. The molecular weight excluding hydrogens is 164 g/mol. The van der Waals surface area contributed by atoms with E-state index in [4.69, 9.17) is 0 Å². The van der Waals surface area contributed by atoms with E-state index in [1.165, 1.54) is 6.92 Å². The van der Waals surface area contributed by atoms with Gasteiger partial charge in [-0.3, -0.25) is 4.18 Å². The molecule has 0 spiro atoms. The Hall–Kier alpha value is -0.790. The molecule has 11 heavy (non-hydrogen) atoms. The van der Waals surface area contributed by atoms with Gasteiger partial charge >= 0.3 is 10.1 Å². The third-order valence-electron chi connectivity index (χ3n) is 0.788. The Morgan fingerprint density at radius 1 is 1.64 bits per heavy atom. The standard InChI is InChI=1S/C7H10O3S/c1-3-5-6-10-11(8,9)7-4-2/h3H,1,5-6H2,2H3. The highest BCUT2D eigenvalue weighted by Gasteiger charge is 2.03. The van der Waals surface area contributed by atoms with E-state index in [2.05, 4.69) is 16.7 Å². The average Bonchev–Trinajstić information content (AvgIpc) is 1.87. The van der Waals surface area contributed by atoms with Crippen molar-refractivity contribution >= 4 is 10.1 Å². The minimum atomic E-state index is -3.61. The molecule has 3 nitrogen and oxygen atoms in total. The normalized spacial score (nSPS) is 9.91. The van der Waals surface area contributed by atoms with Crippen LogP contribution in [0.2, 0.25) is 0 Å². The Morgan fingerprint density at radius 3 is 2.73 bits per heavy atom. The summed E-state index contributed by atoms with van der Waals surface area (Å²) in [7, 11) is -3.61. The molecule has 0 N–H and O–H groups in total. The highest BCUT2D eigenvalue weighted by atomic mass is 32.2. The molecule has 4 heteroatoms. The van der Waals surface area contributed by atoms with Gasteiger partial charge in [-0.25, -0.2) is 0 Å². The lowest BCUT2D eigenvalue weighted by atomic mass is 10.5. The molecule has 0 aromatic heterocycles. The van der Waals surface area contributed by atoms with Crippen molar-refractivity contribution in [1.29, 1.82) is 0 Å². The molecular formula is C7H10O3S. The third-order valence-corrected chi connectivity index (χ3v) is 1.72. The van der Waals surface area contributed by atoms with Crippen LogP contribution in [0.4, 0.5) is 0 Å². The van der Waals surface area contributed by atoms with Crippen molar-refractivity contribution in [2.24, 2.45) is 0 Å². The van der Waals surface area contributed by atoms with Crippen LogP contribution in [0.1, 0.15) is 13.3 Å². The molecule has 0 aliphatic heterocycles. The largest absolute Gasteiger partial charge is 0.337 e. The topological polar surface area (TPSA) is 43.4 Å². The molecule has 0 bridgehead atoms. The van der Waals surface area contributed by atoms with Crippen molar-refractivity contribution in [3.05, 3.63) is 12.7 Å². The summed E-state index contributed by atoms with van der Waals surface area (Å²) >= 11 is 0. The summed E-state index contributed by atoms with van der Waals surface area (Å²) in [5.74, 6) is 2.25. The number of rotatable bonds is 4. The number of hydrogen-bond acceptors (Lipinski definition) is 3. The minimum absolute atomic E-state index is 0.112. The second-order valence-corrected chi connectivity index (χ2v) is 3.05. The van der Waals surface area contributed by atoms with E-state index in [9.17, 15) is 8.42 Å². The first-order valence-corrected chi connectivity index (χ1v) is 4.47. The van der Waals surface area contributed by atoms with Gasteiger partial charge in [-0.1, -0.05) is 12.0 Å². The van der Waals surface area contributed by atoms with Crippen LogP contribution in [-0.2, 0) is 14.3 Å². The maximum absolute atomic E-state index is 10.7. The molecule has 0 radical (unpaired) electrons. The van der Waals surface area contributed by atoms with E-state index in [-0.39, 0.29) is 6.61 Å². The maximum Gasteiger partial charge on any atom is 0.337 e. The predicted molar refractivity (Wildman–Crippen MR) is 43.1 cm³/mol. The summed E-state index contributed by atoms with van der Waals surface area (Å²) < 4.78 is 25.8. The third kappa shape index (κ3) is 5.64. The summed E-state index contributed by atoms with van der Waals surface area (Å²) in [5.41, 5.74) is 0. The Morgan fingerprint density at radius 2 is 2.27 bits per heavy atom. The van der Waals surface area contributed by atoms with Gasteiger partial charge in [-0.15, -0.1) is 6.58 Å². The first-order valence-electron chi connectivity index (χ1n) is 3.06. The highest BCUT2D eigenvalue weighted by molar-refractivity contribution is 7.91. The Kier molecular flexibility index (Phi) is 4.59. The van der Waals surface area contributed by atoms with E-state index in [0.29, 0.717) is 6.42 Å². The Labute approximate surface area is 67.2 Å². The van der Waals surface area contributed by atoms with E-state index < -0.39 is 10.1 Å². The summed E-state index contributed by atoms with van der Waals surface area (Å²) in [6.45, 7) is 4.97. The van der Waals surface area contributed by atoms with Crippen molar-refractivity contribution < 1.29 is 12.6 Å². The zero-order valence-electron chi connectivity index (χ0n) is 6.33. The SMILES string of the molecule is C=CCCOS(=O)(=O)C#CC. The molecule has 0 atom stereocenters. The van der Waals surface area contributed by atoms with Crippen LogP contribution in [-0.4, -0.2) is 15.0 Å². The van der Waals surface area contributed by atoms with E-state index in [1.807, 2.05) is 5.25 Å². The fourth-order valence-corrected chi connectivity index (χ4v) is 1.02. The second kappa shape index (κ2) is 4.94. The zero-order chi connectivity index (χ0) is 8.74. The minimum Gasteiger partial charge on any atom is -0.260 e. The highest BCUT2D eigenvalue weighted by Crippen LogP contribution is 1.92. The molecule has 0 rings (SSSR count). The van der Waals surface area contributed by atoms with Crippen LogP contribution in [0.3, 0.4) is 0 Å². The molecule has 0 saturated heterocycles. The molecule has 0 aromatic rings. The van der Waals surface area contributed by atoms with Crippen molar-refractivity contribution in [2.45, 2.75) is 13.3 Å². The first-order chi connectivity index (χ1) is 5.12. The van der Waals surface area contributed by atoms with Gasteiger partial charge in [0, 0.05) is 0 Å². The van der Waals surface area contributed by atoms with Gasteiger partial charge < -0.3 is 0 Å². The van der Waals surface area contributed by atoms with Crippen LogP contribution >= 0.6 is 0 Å². The van der Waals surface area contributed by atoms with Gasteiger partial charge in [-0.2, -0.15) is 8.42 Å². The fraction of sp³-hybridized carbons (Fsp3) is 0.429. The lowest BCUT2D eigenvalue weighted by Gasteiger charge is -1.94. The van der Waals surface area contributed by atoms with Crippen LogP contribution in [0, 0.1) is 11.2 Å². The van der Waals surface area contributed by atoms with Gasteiger partial charge in [0.1, 0.15) is 0 Å². The number of hydrogen-bond donors (Lipinski definition) is 0. The van der Waals surface area contributed by atoms with Crippen LogP contribution in [0.15, 0.2) is 12.7 Å². The van der Waals surface area contributed by atoms with Gasteiger partial charge in [-0.05, 0) is 13.3 Å². The molecule has 0 saturated carbocycles. The van der Waals surface area contributed by atoms with Crippen molar-refractivity contribution in [3.63, 3.8) is 0 Å². The Balaban J connectivity index is 3.91. The summed E-state index contributed by atoms with van der Waals surface area (Å²) in [5, 5.41) is 1.95. The summed E-state index contributed by atoms with van der Waals surface area (Å²) in [6.07, 6.45) is 2.08.